The van der Waals surface area contributed by atoms with Gasteiger partial charge in [-0.3, -0.25) is 5.10 Å². The van der Waals surface area contributed by atoms with Gasteiger partial charge in [-0.15, -0.1) is 0 Å². The summed E-state index contributed by atoms with van der Waals surface area (Å²) in [6.07, 6.45) is 1.11. The topological polar surface area (TPSA) is 63.9 Å². The molecular formula is C13H15N3O. The molecule has 1 fully saturated rings. The summed E-state index contributed by atoms with van der Waals surface area (Å²) in [5, 5.41) is 6.88. The first-order valence-electron chi connectivity index (χ1n) is 5.82. The Morgan fingerprint density at radius 2 is 2.29 bits per heavy atom. The number of nitrogens with two attached hydrogens (primary N) is 1. The van der Waals surface area contributed by atoms with Gasteiger partial charge in [0.2, 0.25) is 0 Å². The third kappa shape index (κ3) is 2.03. The van der Waals surface area contributed by atoms with Crippen molar-refractivity contribution in [2.24, 2.45) is 0 Å². The highest BCUT2D eigenvalue weighted by Gasteiger charge is 2.18. The first-order chi connectivity index (χ1) is 8.33. The van der Waals surface area contributed by atoms with Crippen LogP contribution in [0.15, 0.2) is 30.3 Å². The minimum atomic E-state index is 0.523. The average molecular weight is 229 g/mol. The number of nitrogen functional groups attached to an aromatic ring is 1. The molecule has 1 aromatic heterocycles. The Balaban J connectivity index is 1.93. The normalized spacial score (nSPS) is 19.6. The summed E-state index contributed by atoms with van der Waals surface area (Å²) >= 11 is 0. The van der Waals surface area contributed by atoms with Gasteiger partial charge in [-0.05, 0) is 23.6 Å². The second-order valence-electron chi connectivity index (χ2n) is 4.39. The zero-order valence-electron chi connectivity index (χ0n) is 9.52. The van der Waals surface area contributed by atoms with E-state index < -0.39 is 0 Å². The molecule has 1 aromatic carbocycles. The number of benzene rings is 1. The van der Waals surface area contributed by atoms with Crippen LogP contribution >= 0.6 is 0 Å². The third-order valence-electron chi connectivity index (χ3n) is 3.20. The lowest BCUT2D eigenvalue weighted by molar-refractivity contribution is 0.194. The third-order valence-corrected chi connectivity index (χ3v) is 3.20. The van der Waals surface area contributed by atoms with Crippen molar-refractivity contribution in [2.45, 2.75) is 12.3 Å². The van der Waals surface area contributed by atoms with E-state index in [4.69, 9.17) is 10.5 Å². The lowest BCUT2D eigenvalue weighted by Gasteiger charge is -2.09. The number of aromatic nitrogens is 2. The lowest BCUT2D eigenvalue weighted by Crippen LogP contribution is -1.97. The molecule has 4 nitrogen and oxygen atoms in total. The molecule has 3 N–H and O–H groups in total. The molecule has 1 saturated heterocycles. The van der Waals surface area contributed by atoms with E-state index in [0.29, 0.717) is 11.7 Å². The van der Waals surface area contributed by atoms with E-state index in [-0.39, 0.29) is 0 Å². The summed E-state index contributed by atoms with van der Waals surface area (Å²) in [4.78, 5) is 0. The van der Waals surface area contributed by atoms with E-state index in [1.54, 1.807) is 0 Å². The van der Waals surface area contributed by atoms with Crippen molar-refractivity contribution >= 4 is 5.82 Å². The van der Waals surface area contributed by atoms with Gasteiger partial charge in [-0.2, -0.15) is 5.10 Å². The van der Waals surface area contributed by atoms with Crippen molar-refractivity contribution in [1.29, 1.82) is 0 Å². The molecule has 4 heteroatoms. The van der Waals surface area contributed by atoms with E-state index in [9.17, 15) is 0 Å². The highest BCUT2D eigenvalue weighted by molar-refractivity contribution is 5.62. The van der Waals surface area contributed by atoms with Crippen LogP contribution in [0.3, 0.4) is 0 Å². The molecular weight excluding hydrogens is 214 g/mol. The SMILES string of the molecule is Nc1cc(-c2cccc(C3CCOC3)c2)[nH]n1. The Morgan fingerprint density at radius 1 is 1.35 bits per heavy atom. The van der Waals surface area contributed by atoms with Gasteiger partial charge in [0.1, 0.15) is 5.82 Å². The fraction of sp³-hybridized carbons (Fsp3) is 0.308. The molecule has 0 amide bonds. The Labute approximate surface area is 99.8 Å². The van der Waals surface area contributed by atoms with Crippen molar-refractivity contribution in [3.05, 3.63) is 35.9 Å². The predicted octanol–water partition coefficient (Wildman–Crippen LogP) is 2.16. The monoisotopic (exact) mass is 229 g/mol. The summed E-state index contributed by atoms with van der Waals surface area (Å²) in [6, 6.07) is 10.3. The van der Waals surface area contributed by atoms with Crippen LogP contribution in [0.5, 0.6) is 0 Å². The smallest absolute Gasteiger partial charge is 0.145 e. The average Bonchev–Trinajstić information content (AvgIpc) is 3.00. The second-order valence-corrected chi connectivity index (χ2v) is 4.39. The van der Waals surface area contributed by atoms with Crippen LogP contribution in [-0.2, 0) is 4.74 Å². The molecule has 0 spiro atoms. The molecule has 0 radical (unpaired) electrons. The van der Waals surface area contributed by atoms with E-state index in [2.05, 4.69) is 34.5 Å². The zero-order valence-corrected chi connectivity index (χ0v) is 9.52. The Hall–Kier alpha value is -1.81. The van der Waals surface area contributed by atoms with Gasteiger partial charge < -0.3 is 10.5 Å². The van der Waals surface area contributed by atoms with Crippen LogP contribution in [0.25, 0.3) is 11.3 Å². The van der Waals surface area contributed by atoms with Gasteiger partial charge in [0.25, 0.3) is 0 Å². The van der Waals surface area contributed by atoms with Gasteiger partial charge in [0, 0.05) is 18.6 Å². The fourth-order valence-electron chi connectivity index (χ4n) is 2.24. The van der Waals surface area contributed by atoms with Crippen LogP contribution in [-0.4, -0.2) is 23.4 Å². The highest BCUT2D eigenvalue weighted by atomic mass is 16.5. The molecule has 0 saturated carbocycles. The molecule has 88 valence electrons. The maximum Gasteiger partial charge on any atom is 0.145 e. The number of nitrogens with zero attached hydrogens (tertiary/aromatic N) is 1. The summed E-state index contributed by atoms with van der Waals surface area (Å²) in [5.74, 6) is 1.05. The lowest BCUT2D eigenvalue weighted by atomic mass is 9.96. The standard InChI is InChI=1S/C13H15N3O/c14-13-7-12(15-16-13)10-3-1-2-9(6-10)11-4-5-17-8-11/h1-3,6-7,11H,4-5,8H2,(H3,14,15,16). The Bertz CT molecular complexity index is 515. The van der Waals surface area contributed by atoms with Crippen LogP contribution in [0.1, 0.15) is 17.9 Å². The predicted molar refractivity (Wildman–Crippen MR) is 66.6 cm³/mol. The Morgan fingerprint density at radius 3 is 3.00 bits per heavy atom. The maximum absolute atomic E-state index is 5.61. The van der Waals surface area contributed by atoms with Gasteiger partial charge in [-0.25, -0.2) is 0 Å². The van der Waals surface area contributed by atoms with Crippen LogP contribution < -0.4 is 5.73 Å². The molecule has 1 aliphatic rings. The number of nitrogens with one attached hydrogen (secondary N) is 1. The van der Waals surface area contributed by atoms with Crippen molar-refractivity contribution in [3.8, 4) is 11.3 Å². The summed E-state index contributed by atoms with van der Waals surface area (Å²) < 4.78 is 5.42. The van der Waals surface area contributed by atoms with Crippen LogP contribution in [0, 0.1) is 0 Å². The molecule has 1 unspecified atom stereocenters. The maximum atomic E-state index is 5.61. The van der Waals surface area contributed by atoms with E-state index in [1.807, 2.05) is 6.07 Å². The highest BCUT2D eigenvalue weighted by Crippen LogP contribution is 2.28. The summed E-state index contributed by atoms with van der Waals surface area (Å²) in [7, 11) is 0. The van der Waals surface area contributed by atoms with Gasteiger partial charge >= 0.3 is 0 Å². The fourth-order valence-corrected chi connectivity index (χ4v) is 2.24. The Kier molecular flexibility index (Phi) is 2.57. The number of aromatic amines is 1. The van der Waals surface area contributed by atoms with E-state index >= 15 is 0 Å². The molecule has 0 bridgehead atoms. The molecule has 1 atom stereocenters. The van der Waals surface area contributed by atoms with Crippen molar-refractivity contribution in [3.63, 3.8) is 0 Å². The number of rotatable bonds is 2. The van der Waals surface area contributed by atoms with E-state index in [1.165, 1.54) is 5.56 Å². The molecule has 2 heterocycles. The van der Waals surface area contributed by atoms with E-state index in [0.717, 1.165) is 30.9 Å². The molecule has 1 aliphatic heterocycles. The first kappa shape index (κ1) is 10.4. The minimum Gasteiger partial charge on any atom is -0.382 e. The quantitative estimate of drug-likeness (QED) is 0.829. The number of hydrogen-bond acceptors (Lipinski definition) is 3. The first-order valence-corrected chi connectivity index (χ1v) is 5.82. The number of H-pyrrole nitrogens is 1. The van der Waals surface area contributed by atoms with Crippen molar-refractivity contribution in [1.82, 2.24) is 10.2 Å². The van der Waals surface area contributed by atoms with Crippen LogP contribution in [0.4, 0.5) is 5.82 Å². The van der Waals surface area contributed by atoms with Gasteiger partial charge in [-0.1, -0.05) is 18.2 Å². The molecule has 2 aromatic rings. The van der Waals surface area contributed by atoms with Crippen molar-refractivity contribution < 1.29 is 4.74 Å². The summed E-state index contributed by atoms with van der Waals surface area (Å²) in [5.41, 5.74) is 9.03. The largest absolute Gasteiger partial charge is 0.382 e. The van der Waals surface area contributed by atoms with Crippen molar-refractivity contribution in [2.75, 3.05) is 18.9 Å². The van der Waals surface area contributed by atoms with Gasteiger partial charge in [0.15, 0.2) is 0 Å². The molecule has 3 rings (SSSR count). The number of ether oxygens (including phenoxy) is 1. The number of anilines is 1. The zero-order chi connectivity index (χ0) is 11.7. The van der Waals surface area contributed by atoms with Crippen LogP contribution in [0.2, 0.25) is 0 Å². The summed E-state index contributed by atoms with van der Waals surface area (Å²) in [6.45, 7) is 1.69. The second kappa shape index (κ2) is 4.22. The van der Waals surface area contributed by atoms with Gasteiger partial charge in [0.05, 0.1) is 12.3 Å². The minimum absolute atomic E-state index is 0.523. The molecule has 0 aliphatic carbocycles. The molecule has 17 heavy (non-hydrogen) atoms. The number of hydrogen-bond donors (Lipinski definition) is 2.